The van der Waals surface area contributed by atoms with Gasteiger partial charge in [-0.1, -0.05) is 25.1 Å². The van der Waals surface area contributed by atoms with E-state index in [1.54, 1.807) is 37.3 Å². The quantitative estimate of drug-likeness (QED) is 0.717. The molecule has 0 aliphatic heterocycles. The smallest absolute Gasteiger partial charge is 0.326 e. The zero-order chi connectivity index (χ0) is 17.5. The van der Waals surface area contributed by atoms with Gasteiger partial charge in [0.05, 0.1) is 4.88 Å². The van der Waals surface area contributed by atoms with E-state index < -0.39 is 17.9 Å². The number of carbonyl (C=O) groups is 3. The van der Waals surface area contributed by atoms with Gasteiger partial charge >= 0.3 is 5.97 Å². The van der Waals surface area contributed by atoms with Crippen LogP contribution in [-0.4, -0.2) is 28.9 Å². The molecule has 0 spiro atoms. The van der Waals surface area contributed by atoms with Crippen LogP contribution >= 0.6 is 11.3 Å². The summed E-state index contributed by atoms with van der Waals surface area (Å²) in [5.74, 6) is -1.63. The Balaban J connectivity index is 1.91. The highest BCUT2D eigenvalue weighted by Gasteiger charge is 2.18. The first-order valence-corrected chi connectivity index (χ1v) is 8.33. The maximum atomic E-state index is 12.0. The summed E-state index contributed by atoms with van der Waals surface area (Å²) in [6.45, 7) is 2.05. The van der Waals surface area contributed by atoms with Crippen molar-refractivity contribution in [2.45, 2.75) is 25.9 Å². The molecule has 1 heterocycles. The van der Waals surface area contributed by atoms with Crippen molar-refractivity contribution < 1.29 is 19.5 Å². The lowest BCUT2D eigenvalue weighted by atomic mass is 10.1. The normalized spacial score (nSPS) is 11.5. The lowest BCUT2D eigenvalue weighted by molar-refractivity contribution is -0.139. The molecule has 24 heavy (non-hydrogen) atoms. The SMILES string of the molecule is CCC(NC(=O)c1ccc(CNC(=O)c2cccs2)cc1)C(=O)O. The van der Waals surface area contributed by atoms with E-state index >= 15 is 0 Å². The standard InChI is InChI=1S/C17H18N2O4S/c1-2-13(17(22)23)19-15(20)12-7-5-11(6-8-12)10-18-16(21)14-4-3-9-24-14/h3-9,13H,2,10H2,1H3,(H,18,21)(H,19,20)(H,22,23). The summed E-state index contributed by atoms with van der Waals surface area (Å²) in [5.41, 5.74) is 1.23. The number of nitrogens with one attached hydrogen (secondary N) is 2. The largest absolute Gasteiger partial charge is 0.480 e. The summed E-state index contributed by atoms with van der Waals surface area (Å²) in [7, 11) is 0. The van der Waals surface area contributed by atoms with Gasteiger partial charge in [-0.05, 0) is 35.6 Å². The second-order valence-corrected chi connectivity index (χ2v) is 6.08. The molecule has 2 aromatic rings. The molecule has 0 saturated carbocycles. The third-order valence-electron chi connectivity index (χ3n) is 3.43. The second kappa shape index (κ2) is 8.26. The lowest BCUT2D eigenvalue weighted by Crippen LogP contribution is -2.40. The van der Waals surface area contributed by atoms with Crippen molar-refractivity contribution in [2.24, 2.45) is 0 Å². The van der Waals surface area contributed by atoms with Gasteiger partial charge in [0, 0.05) is 12.1 Å². The number of hydrogen-bond acceptors (Lipinski definition) is 4. The average Bonchev–Trinajstić information content (AvgIpc) is 3.12. The van der Waals surface area contributed by atoms with Crippen LogP contribution in [-0.2, 0) is 11.3 Å². The summed E-state index contributed by atoms with van der Waals surface area (Å²) in [4.78, 5) is 35.4. The fourth-order valence-corrected chi connectivity index (χ4v) is 2.67. The highest BCUT2D eigenvalue weighted by atomic mass is 32.1. The van der Waals surface area contributed by atoms with E-state index in [1.165, 1.54) is 11.3 Å². The number of thiophene rings is 1. The summed E-state index contributed by atoms with van der Waals surface area (Å²) < 4.78 is 0. The monoisotopic (exact) mass is 346 g/mol. The molecule has 126 valence electrons. The molecule has 6 nitrogen and oxygen atoms in total. The summed E-state index contributed by atoms with van der Waals surface area (Å²) >= 11 is 1.37. The minimum Gasteiger partial charge on any atom is -0.480 e. The number of amides is 2. The van der Waals surface area contributed by atoms with E-state index in [0.717, 1.165) is 5.56 Å². The molecule has 0 bridgehead atoms. The van der Waals surface area contributed by atoms with Crippen LogP contribution in [0.4, 0.5) is 0 Å². The van der Waals surface area contributed by atoms with Crippen molar-refractivity contribution in [3.05, 3.63) is 57.8 Å². The number of carbonyl (C=O) groups excluding carboxylic acids is 2. The van der Waals surface area contributed by atoms with Crippen molar-refractivity contribution in [3.8, 4) is 0 Å². The Morgan fingerprint density at radius 3 is 2.38 bits per heavy atom. The number of aliphatic carboxylic acids is 1. The van der Waals surface area contributed by atoms with Crippen molar-refractivity contribution >= 4 is 29.1 Å². The van der Waals surface area contributed by atoms with Gasteiger partial charge in [0.25, 0.3) is 11.8 Å². The fourth-order valence-electron chi connectivity index (χ4n) is 2.03. The van der Waals surface area contributed by atoms with E-state index in [1.807, 2.05) is 11.4 Å². The van der Waals surface area contributed by atoms with E-state index in [0.29, 0.717) is 23.4 Å². The predicted molar refractivity (Wildman–Crippen MR) is 91.1 cm³/mol. The van der Waals surface area contributed by atoms with Crippen LogP contribution < -0.4 is 10.6 Å². The van der Waals surface area contributed by atoms with Gasteiger partial charge < -0.3 is 15.7 Å². The van der Waals surface area contributed by atoms with Gasteiger partial charge in [-0.3, -0.25) is 9.59 Å². The number of rotatable bonds is 7. The summed E-state index contributed by atoms with van der Waals surface area (Å²) in [6, 6.07) is 9.33. The Labute approximate surface area is 143 Å². The number of benzene rings is 1. The first-order valence-electron chi connectivity index (χ1n) is 7.45. The Morgan fingerprint density at radius 1 is 1.12 bits per heavy atom. The predicted octanol–water partition coefficient (Wildman–Crippen LogP) is 2.27. The maximum Gasteiger partial charge on any atom is 0.326 e. The number of carboxylic acids is 1. The van der Waals surface area contributed by atoms with Gasteiger partial charge in [-0.2, -0.15) is 0 Å². The van der Waals surface area contributed by atoms with Gasteiger partial charge in [-0.25, -0.2) is 4.79 Å². The summed E-state index contributed by atoms with van der Waals surface area (Å²) in [5, 5.41) is 16.1. The Bertz CT molecular complexity index is 711. The zero-order valence-corrected chi connectivity index (χ0v) is 13.9. The van der Waals surface area contributed by atoms with E-state index in [4.69, 9.17) is 5.11 Å². The van der Waals surface area contributed by atoms with Crippen LogP contribution in [0.15, 0.2) is 41.8 Å². The molecule has 0 aliphatic carbocycles. The minimum absolute atomic E-state index is 0.140. The Morgan fingerprint density at radius 2 is 1.83 bits per heavy atom. The second-order valence-electron chi connectivity index (χ2n) is 5.13. The molecular formula is C17H18N2O4S. The van der Waals surface area contributed by atoms with Crippen LogP contribution in [0, 0.1) is 0 Å². The molecule has 7 heteroatoms. The Kier molecular flexibility index (Phi) is 6.08. The molecule has 1 atom stereocenters. The molecule has 0 radical (unpaired) electrons. The van der Waals surface area contributed by atoms with E-state index in [-0.39, 0.29) is 5.91 Å². The lowest BCUT2D eigenvalue weighted by Gasteiger charge is -2.12. The van der Waals surface area contributed by atoms with Crippen LogP contribution in [0.5, 0.6) is 0 Å². The van der Waals surface area contributed by atoms with Crippen molar-refractivity contribution in [2.75, 3.05) is 0 Å². The third-order valence-corrected chi connectivity index (χ3v) is 4.29. The van der Waals surface area contributed by atoms with Crippen LogP contribution in [0.1, 0.15) is 38.9 Å². The molecular weight excluding hydrogens is 328 g/mol. The van der Waals surface area contributed by atoms with Crippen LogP contribution in [0.3, 0.4) is 0 Å². The average molecular weight is 346 g/mol. The highest BCUT2D eigenvalue weighted by molar-refractivity contribution is 7.12. The molecule has 1 unspecified atom stereocenters. The van der Waals surface area contributed by atoms with Gasteiger partial charge in [0.1, 0.15) is 6.04 Å². The van der Waals surface area contributed by atoms with Crippen LogP contribution in [0.25, 0.3) is 0 Å². The van der Waals surface area contributed by atoms with E-state index in [2.05, 4.69) is 10.6 Å². The molecule has 3 N–H and O–H groups in total. The first kappa shape index (κ1) is 17.7. The zero-order valence-electron chi connectivity index (χ0n) is 13.1. The van der Waals surface area contributed by atoms with Crippen molar-refractivity contribution in [1.29, 1.82) is 0 Å². The molecule has 2 amide bonds. The van der Waals surface area contributed by atoms with Crippen molar-refractivity contribution in [1.82, 2.24) is 10.6 Å². The van der Waals surface area contributed by atoms with Gasteiger partial charge in [-0.15, -0.1) is 11.3 Å². The molecule has 1 aromatic heterocycles. The number of carboxylic acid groups (broad SMARTS) is 1. The van der Waals surface area contributed by atoms with Crippen molar-refractivity contribution in [3.63, 3.8) is 0 Å². The van der Waals surface area contributed by atoms with Crippen LogP contribution in [0.2, 0.25) is 0 Å². The number of hydrogen-bond donors (Lipinski definition) is 3. The first-order chi connectivity index (χ1) is 11.5. The molecule has 0 saturated heterocycles. The third kappa shape index (κ3) is 4.66. The molecule has 2 rings (SSSR count). The van der Waals surface area contributed by atoms with Gasteiger partial charge in [0.15, 0.2) is 0 Å². The van der Waals surface area contributed by atoms with Gasteiger partial charge in [0.2, 0.25) is 0 Å². The van der Waals surface area contributed by atoms with E-state index in [9.17, 15) is 14.4 Å². The minimum atomic E-state index is -1.06. The summed E-state index contributed by atoms with van der Waals surface area (Å²) in [6.07, 6.45) is 0.313. The maximum absolute atomic E-state index is 12.0. The highest BCUT2D eigenvalue weighted by Crippen LogP contribution is 2.09. The molecule has 1 aromatic carbocycles. The Hall–Kier alpha value is -2.67. The topological polar surface area (TPSA) is 95.5 Å². The molecule has 0 fully saturated rings. The molecule has 0 aliphatic rings. The fraction of sp³-hybridized carbons (Fsp3) is 0.235.